The molecule has 0 aliphatic carbocycles. The maximum Gasteiger partial charge on any atom is 0.402 e. The third-order valence-corrected chi connectivity index (χ3v) is 3.11. The third-order valence-electron chi connectivity index (χ3n) is 3.11. The summed E-state index contributed by atoms with van der Waals surface area (Å²) in [5.41, 5.74) is 2.83. The molecule has 1 rings (SSSR count). The SMILES string of the molecule is Cc1ccc(C(NN)C(C(F)(F)F)C(F)(F)F)cc1C. The molecule has 114 valence electrons. The van der Waals surface area contributed by atoms with Gasteiger partial charge in [0.2, 0.25) is 0 Å². The molecule has 0 fully saturated rings. The van der Waals surface area contributed by atoms with Crippen LogP contribution in [0.5, 0.6) is 0 Å². The Kier molecular flexibility index (Phi) is 4.70. The molecule has 1 atom stereocenters. The van der Waals surface area contributed by atoms with Crippen molar-refractivity contribution in [3.8, 4) is 0 Å². The highest BCUT2D eigenvalue weighted by Crippen LogP contribution is 2.46. The molecule has 0 saturated carbocycles. The summed E-state index contributed by atoms with van der Waals surface area (Å²) in [6.07, 6.45) is -10.9. The van der Waals surface area contributed by atoms with Crippen LogP contribution in [0.1, 0.15) is 22.7 Å². The van der Waals surface area contributed by atoms with Crippen molar-refractivity contribution in [2.24, 2.45) is 11.8 Å². The minimum absolute atomic E-state index is 0.157. The molecule has 1 aromatic rings. The molecular formula is C12H14F6N2. The first-order valence-corrected chi connectivity index (χ1v) is 5.65. The van der Waals surface area contributed by atoms with Gasteiger partial charge in [-0.3, -0.25) is 11.3 Å². The summed E-state index contributed by atoms with van der Waals surface area (Å²) < 4.78 is 76.2. The zero-order valence-corrected chi connectivity index (χ0v) is 10.7. The number of hydrazine groups is 1. The summed E-state index contributed by atoms with van der Waals surface area (Å²) in [6.45, 7) is 3.30. The average Bonchev–Trinajstić information content (AvgIpc) is 2.26. The molecule has 0 saturated heterocycles. The minimum atomic E-state index is -5.45. The number of hydrogen-bond acceptors (Lipinski definition) is 2. The third kappa shape index (κ3) is 3.63. The van der Waals surface area contributed by atoms with Crippen molar-refractivity contribution in [3.63, 3.8) is 0 Å². The summed E-state index contributed by atoms with van der Waals surface area (Å²) in [5.74, 6) is 1.37. The molecule has 0 aliphatic rings. The van der Waals surface area contributed by atoms with Crippen LogP contribution in [-0.4, -0.2) is 12.4 Å². The van der Waals surface area contributed by atoms with Crippen LogP contribution >= 0.6 is 0 Å². The maximum absolute atomic E-state index is 12.7. The fourth-order valence-corrected chi connectivity index (χ4v) is 1.91. The summed E-state index contributed by atoms with van der Waals surface area (Å²) in [4.78, 5) is 0. The lowest BCUT2D eigenvalue weighted by atomic mass is 9.90. The largest absolute Gasteiger partial charge is 0.402 e. The Morgan fingerprint density at radius 1 is 0.950 bits per heavy atom. The van der Waals surface area contributed by atoms with Crippen molar-refractivity contribution in [2.75, 3.05) is 0 Å². The Morgan fingerprint density at radius 2 is 1.45 bits per heavy atom. The van der Waals surface area contributed by atoms with Gasteiger partial charge in [-0.2, -0.15) is 26.3 Å². The first kappa shape index (κ1) is 16.8. The molecule has 0 aliphatic heterocycles. The van der Waals surface area contributed by atoms with Crippen molar-refractivity contribution in [1.29, 1.82) is 0 Å². The zero-order valence-electron chi connectivity index (χ0n) is 10.7. The Morgan fingerprint density at radius 3 is 1.80 bits per heavy atom. The van der Waals surface area contributed by atoms with E-state index in [4.69, 9.17) is 5.84 Å². The second-order valence-electron chi connectivity index (χ2n) is 4.55. The van der Waals surface area contributed by atoms with Crippen LogP contribution < -0.4 is 11.3 Å². The average molecular weight is 300 g/mol. The maximum atomic E-state index is 12.7. The van der Waals surface area contributed by atoms with Crippen LogP contribution in [0.2, 0.25) is 0 Å². The zero-order chi connectivity index (χ0) is 15.7. The first-order valence-electron chi connectivity index (χ1n) is 5.65. The Balaban J connectivity index is 3.30. The van der Waals surface area contributed by atoms with Gasteiger partial charge in [0.25, 0.3) is 0 Å². The number of benzene rings is 1. The van der Waals surface area contributed by atoms with Gasteiger partial charge in [-0.25, -0.2) is 0 Å². The molecule has 3 N–H and O–H groups in total. The van der Waals surface area contributed by atoms with E-state index in [1.165, 1.54) is 18.2 Å². The lowest BCUT2D eigenvalue weighted by molar-refractivity contribution is -0.292. The Bertz CT molecular complexity index is 452. The van der Waals surface area contributed by atoms with E-state index in [9.17, 15) is 26.3 Å². The van der Waals surface area contributed by atoms with E-state index in [2.05, 4.69) is 0 Å². The number of nitrogens with two attached hydrogens (primary N) is 1. The van der Waals surface area contributed by atoms with Crippen molar-refractivity contribution < 1.29 is 26.3 Å². The molecule has 1 unspecified atom stereocenters. The second-order valence-corrected chi connectivity index (χ2v) is 4.55. The van der Waals surface area contributed by atoms with Crippen molar-refractivity contribution >= 4 is 0 Å². The van der Waals surface area contributed by atoms with E-state index in [-0.39, 0.29) is 5.56 Å². The molecule has 2 nitrogen and oxygen atoms in total. The van der Waals surface area contributed by atoms with E-state index in [0.29, 0.717) is 5.56 Å². The fourth-order valence-electron chi connectivity index (χ4n) is 1.91. The van der Waals surface area contributed by atoms with Crippen LogP contribution in [0, 0.1) is 19.8 Å². The predicted molar refractivity (Wildman–Crippen MR) is 61.6 cm³/mol. The molecule has 0 amide bonds. The lowest BCUT2D eigenvalue weighted by Gasteiger charge is -2.30. The van der Waals surface area contributed by atoms with E-state index in [1.807, 2.05) is 0 Å². The number of nitrogens with one attached hydrogen (secondary N) is 1. The highest BCUT2D eigenvalue weighted by molar-refractivity contribution is 5.32. The predicted octanol–water partition coefficient (Wildman–Crippen LogP) is 3.55. The van der Waals surface area contributed by atoms with Gasteiger partial charge in [-0.1, -0.05) is 18.2 Å². The molecular weight excluding hydrogens is 286 g/mol. The Labute approximate surface area is 111 Å². The normalized spacial score (nSPS) is 14.7. The summed E-state index contributed by atoms with van der Waals surface area (Å²) >= 11 is 0. The monoisotopic (exact) mass is 300 g/mol. The van der Waals surface area contributed by atoms with E-state index >= 15 is 0 Å². The first-order chi connectivity index (χ1) is 8.98. The van der Waals surface area contributed by atoms with Gasteiger partial charge in [0, 0.05) is 0 Å². The van der Waals surface area contributed by atoms with Gasteiger partial charge < -0.3 is 0 Å². The van der Waals surface area contributed by atoms with E-state index < -0.39 is 24.3 Å². The quantitative estimate of drug-likeness (QED) is 0.509. The highest BCUT2D eigenvalue weighted by atomic mass is 19.4. The molecule has 0 radical (unpaired) electrons. The van der Waals surface area contributed by atoms with Gasteiger partial charge in [0.1, 0.15) is 0 Å². The molecule has 1 aromatic carbocycles. The summed E-state index contributed by atoms with van der Waals surface area (Å²) in [5, 5.41) is 0. The van der Waals surface area contributed by atoms with Gasteiger partial charge in [0.15, 0.2) is 5.92 Å². The number of aryl methyl sites for hydroxylation is 2. The number of alkyl halides is 6. The lowest BCUT2D eigenvalue weighted by Crippen LogP contribution is -2.47. The van der Waals surface area contributed by atoms with Crippen LogP contribution in [0.15, 0.2) is 18.2 Å². The molecule has 20 heavy (non-hydrogen) atoms. The van der Waals surface area contributed by atoms with Crippen LogP contribution in [-0.2, 0) is 0 Å². The van der Waals surface area contributed by atoms with E-state index in [0.717, 1.165) is 5.56 Å². The molecule has 0 spiro atoms. The second kappa shape index (κ2) is 5.61. The fraction of sp³-hybridized carbons (Fsp3) is 0.500. The molecule has 8 heteroatoms. The Hall–Kier alpha value is -1.28. The van der Waals surface area contributed by atoms with Crippen LogP contribution in [0.4, 0.5) is 26.3 Å². The van der Waals surface area contributed by atoms with Gasteiger partial charge in [-0.05, 0) is 30.5 Å². The number of halogens is 6. The van der Waals surface area contributed by atoms with Gasteiger partial charge in [0.05, 0.1) is 6.04 Å². The molecule has 0 bridgehead atoms. The van der Waals surface area contributed by atoms with Crippen molar-refractivity contribution in [1.82, 2.24) is 5.43 Å². The number of rotatable bonds is 3. The standard InChI is InChI=1S/C12H14F6N2/c1-6-3-4-8(5-7(6)2)9(20-19)10(11(13,14)15)12(16,17)18/h3-5,9-10,20H,19H2,1-2H3. The van der Waals surface area contributed by atoms with E-state index in [1.54, 1.807) is 19.3 Å². The van der Waals surface area contributed by atoms with Gasteiger partial charge in [-0.15, -0.1) is 0 Å². The summed E-state index contributed by atoms with van der Waals surface area (Å²) in [6, 6.07) is 1.84. The van der Waals surface area contributed by atoms with Crippen LogP contribution in [0.3, 0.4) is 0 Å². The topological polar surface area (TPSA) is 38.0 Å². The van der Waals surface area contributed by atoms with Crippen molar-refractivity contribution in [2.45, 2.75) is 32.2 Å². The minimum Gasteiger partial charge on any atom is -0.271 e. The molecule has 0 heterocycles. The van der Waals surface area contributed by atoms with Crippen molar-refractivity contribution in [3.05, 3.63) is 34.9 Å². The van der Waals surface area contributed by atoms with Crippen LogP contribution in [0.25, 0.3) is 0 Å². The molecule has 0 aromatic heterocycles. The van der Waals surface area contributed by atoms with Gasteiger partial charge >= 0.3 is 12.4 Å². The summed E-state index contributed by atoms with van der Waals surface area (Å²) in [7, 11) is 0. The number of hydrogen-bond donors (Lipinski definition) is 2. The smallest absolute Gasteiger partial charge is 0.271 e. The highest BCUT2D eigenvalue weighted by Gasteiger charge is 2.60.